The van der Waals surface area contributed by atoms with Crippen LogP contribution in [0.25, 0.3) is 0 Å². The van der Waals surface area contributed by atoms with Crippen LogP contribution in [0.1, 0.15) is 31.2 Å². The Kier molecular flexibility index (Phi) is 16.9. The van der Waals surface area contributed by atoms with Crippen LogP contribution >= 0.6 is 0 Å². The molecule has 0 radical (unpaired) electrons. The van der Waals surface area contributed by atoms with Crippen LogP contribution in [-0.2, 0) is 40.1 Å². The summed E-state index contributed by atoms with van der Waals surface area (Å²) in [6.07, 6.45) is 1.39. The molecule has 1 saturated heterocycles. The molecule has 2 rings (SSSR count). The van der Waals surface area contributed by atoms with Crippen LogP contribution in [0.4, 0.5) is 0 Å². The second-order valence-corrected chi connectivity index (χ2v) is 11.9. The number of carboxylic acid groups (broad SMARTS) is 5. The number of hydrogen-bond donors (Lipinski definition) is 6. The zero-order chi connectivity index (χ0) is 35.7. The molecule has 1 aliphatic heterocycles. The predicted molar refractivity (Wildman–Crippen MR) is 169 cm³/mol. The molecule has 1 aromatic carbocycles. The van der Waals surface area contributed by atoms with Gasteiger partial charge in [-0.05, 0) is 38.5 Å². The Morgan fingerprint density at radius 3 is 1.98 bits per heavy atom. The number of carbonyl (C=O) groups excluding carboxylic acids is 1. The summed E-state index contributed by atoms with van der Waals surface area (Å²) in [4.78, 5) is 78.7. The highest BCUT2D eigenvalue weighted by Gasteiger charge is 2.47. The summed E-state index contributed by atoms with van der Waals surface area (Å²) in [6, 6.07) is 7.69. The third-order valence-corrected chi connectivity index (χ3v) is 8.09. The number of rotatable bonds is 24. The number of aliphatic carboxylic acids is 5. The number of nitrogens with zero attached hydrogens (tertiary/aromatic N) is 4. The van der Waals surface area contributed by atoms with Gasteiger partial charge in [0.1, 0.15) is 11.6 Å². The van der Waals surface area contributed by atoms with Crippen molar-refractivity contribution in [2.75, 3.05) is 79.1 Å². The summed E-state index contributed by atoms with van der Waals surface area (Å²) in [5.41, 5.74) is -1.18. The van der Waals surface area contributed by atoms with Crippen LogP contribution in [-0.4, -0.2) is 172 Å². The minimum absolute atomic E-state index is 0.0190. The van der Waals surface area contributed by atoms with E-state index in [0.717, 1.165) is 12.0 Å². The first-order chi connectivity index (χ1) is 22.7. The highest BCUT2D eigenvalue weighted by Crippen LogP contribution is 2.25. The zero-order valence-electron chi connectivity index (χ0n) is 27.2. The maximum Gasteiger partial charge on any atom is 0.326 e. The molecule has 1 amide bonds. The van der Waals surface area contributed by atoms with Crippen LogP contribution in [0.2, 0.25) is 0 Å². The Bertz CT molecular complexity index is 1230. The van der Waals surface area contributed by atoms with E-state index >= 15 is 0 Å². The second kappa shape index (κ2) is 20.3. The molecule has 17 heteroatoms. The molecule has 48 heavy (non-hydrogen) atoms. The zero-order valence-corrected chi connectivity index (χ0v) is 27.2. The minimum atomic E-state index is -1.95. The lowest BCUT2D eigenvalue weighted by Gasteiger charge is -2.42. The van der Waals surface area contributed by atoms with Gasteiger partial charge >= 0.3 is 29.8 Å². The Hall–Kier alpha value is -4.16. The number of benzene rings is 1. The number of nitrogens with one attached hydrogen (secondary N) is 1. The molecular weight excluding hydrogens is 634 g/mol. The highest BCUT2D eigenvalue weighted by molar-refractivity contribution is 5.88. The van der Waals surface area contributed by atoms with Crippen LogP contribution in [0.15, 0.2) is 30.3 Å². The average molecular weight is 682 g/mol. The molecule has 0 aromatic heterocycles. The van der Waals surface area contributed by atoms with Gasteiger partial charge in [-0.25, -0.2) is 0 Å². The molecular formula is C31H47N5O12. The van der Waals surface area contributed by atoms with E-state index in [9.17, 15) is 49.2 Å². The Morgan fingerprint density at radius 1 is 0.812 bits per heavy atom. The number of amides is 1. The van der Waals surface area contributed by atoms with E-state index in [1.165, 1.54) is 14.7 Å². The summed E-state index contributed by atoms with van der Waals surface area (Å²) in [5.74, 6) is -7.08. The molecule has 0 saturated carbocycles. The van der Waals surface area contributed by atoms with Gasteiger partial charge in [0.25, 0.3) is 0 Å². The molecule has 0 aliphatic carbocycles. The van der Waals surface area contributed by atoms with Crippen LogP contribution in [0.3, 0.4) is 0 Å². The maximum absolute atomic E-state index is 13.8. The fourth-order valence-corrected chi connectivity index (χ4v) is 5.58. The molecule has 2 unspecified atom stereocenters. The third-order valence-electron chi connectivity index (χ3n) is 8.09. The van der Waals surface area contributed by atoms with E-state index in [1.807, 2.05) is 6.07 Å². The van der Waals surface area contributed by atoms with Gasteiger partial charge < -0.3 is 35.6 Å². The van der Waals surface area contributed by atoms with Crippen molar-refractivity contribution in [1.29, 1.82) is 0 Å². The van der Waals surface area contributed by atoms with Crippen molar-refractivity contribution < 1.29 is 59.0 Å². The Balaban J connectivity index is 2.33. The summed E-state index contributed by atoms with van der Waals surface area (Å²) in [6.45, 7) is -1.35. The van der Waals surface area contributed by atoms with Crippen LogP contribution < -0.4 is 5.32 Å². The van der Waals surface area contributed by atoms with Crippen molar-refractivity contribution in [1.82, 2.24) is 24.9 Å². The highest BCUT2D eigenvalue weighted by atomic mass is 16.5. The van der Waals surface area contributed by atoms with Gasteiger partial charge in [-0.3, -0.25) is 48.4 Å². The van der Waals surface area contributed by atoms with Crippen molar-refractivity contribution in [3.8, 4) is 0 Å². The van der Waals surface area contributed by atoms with Crippen molar-refractivity contribution in [2.45, 2.75) is 43.9 Å². The van der Waals surface area contributed by atoms with Crippen molar-refractivity contribution >= 4 is 35.8 Å². The lowest BCUT2D eigenvalue weighted by atomic mass is 9.90. The lowest BCUT2D eigenvalue weighted by molar-refractivity contribution is -0.159. The van der Waals surface area contributed by atoms with Gasteiger partial charge in [-0.2, -0.15) is 0 Å². The summed E-state index contributed by atoms with van der Waals surface area (Å²) >= 11 is 0. The van der Waals surface area contributed by atoms with Crippen molar-refractivity contribution in [2.24, 2.45) is 0 Å². The van der Waals surface area contributed by atoms with E-state index < -0.39 is 73.4 Å². The van der Waals surface area contributed by atoms with Gasteiger partial charge in [0.15, 0.2) is 0 Å². The first-order valence-electron chi connectivity index (χ1n) is 15.6. The number of carboxylic acids is 5. The van der Waals surface area contributed by atoms with E-state index in [0.29, 0.717) is 25.9 Å². The van der Waals surface area contributed by atoms with Gasteiger partial charge in [0, 0.05) is 32.7 Å². The number of ether oxygens (including phenoxy) is 1. The lowest BCUT2D eigenvalue weighted by Crippen LogP contribution is -2.64. The van der Waals surface area contributed by atoms with Crippen molar-refractivity contribution in [3.63, 3.8) is 0 Å². The number of piperidine rings is 1. The van der Waals surface area contributed by atoms with Gasteiger partial charge in [0.2, 0.25) is 5.91 Å². The normalized spacial score (nSPS) is 15.6. The van der Waals surface area contributed by atoms with E-state index in [1.54, 1.807) is 36.2 Å². The van der Waals surface area contributed by atoms with E-state index in [2.05, 4.69) is 5.32 Å². The predicted octanol–water partition coefficient (Wildman–Crippen LogP) is -0.738. The Morgan fingerprint density at radius 2 is 1.42 bits per heavy atom. The van der Waals surface area contributed by atoms with Gasteiger partial charge in [-0.1, -0.05) is 36.8 Å². The quantitative estimate of drug-likeness (QED) is 0.0788. The summed E-state index contributed by atoms with van der Waals surface area (Å²) < 4.78 is 5.83. The third kappa shape index (κ3) is 13.9. The molecule has 0 bridgehead atoms. The fraction of sp³-hybridized carbons (Fsp3) is 0.613. The number of likely N-dealkylation sites (tertiary alicyclic amines) is 1. The van der Waals surface area contributed by atoms with Crippen LogP contribution in [0.5, 0.6) is 0 Å². The molecule has 2 atom stereocenters. The Labute approximate surface area is 278 Å². The second-order valence-electron chi connectivity index (χ2n) is 11.9. The molecule has 1 aliphatic rings. The fourth-order valence-electron chi connectivity index (χ4n) is 5.58. The average Bonchev–Trinajstić information content (AvgIpc) is 3.02. The molecule has 1 fully saturated rings. The summed E-state index contributed by atoms with van der Waals surface area (Å²) in [5, 5.41) is 50.7. The number of likely N-dealkylation sites (N-methyl/N-ethyl adjacent to an activating group) is 1. The standard InChI is InChI=1S/C31H47N5O12/c1-33(17-26(39)40)12-13-34(18-27(41)42)14-15-35(19-28(43)44)24(21-48-20-23-8-4-2-5-9-23)29(45)32-22-31(30(46)47,16-25(37)38)36-10-6-3-7-11-36/h2,4-5,8-9,24H,3,6-7,10-22H2,1H3,(H,32,45)(H,37,38)(H,39,40)(H,41,42)(H,43,44)(H,46,47). The van der Waals surface area contributed by atoms with E-state index in [4.69, 9.17) is 9.84 Å². The molecule has 0 spiro atoms. The monoisotopic (exact) mass is 681 g/mol. The molecule has 17 nitrogen and oxygen atoms in total. The van der Waals surface area contributed by atoms with Crippen LogP contribution in [0, 0.1) is 0 Å². The van der Waals surface area contributed by atoms with E-state index in [-0.39, 0.29) is 45.9 Å². The van der Waals surface area contributed by atoms with Gasteiger partial charge in [-0.15, -0.1) is 0 Å². The largest absolute Gasteiger partial charge is 0.481 e. The first kappa shape index (κ1) is 40.0. The summed E-state index contributed by atoms with van der Waals surface area (Å²) in [7, 11) is 1.56. The van der Waals surface area contributed by atoms with Gasteiger partial charge in [0.05, 0.1) is 39.3 Å². The molecule has 1 heterocycles. The topological polar surface area (TPSA) is 238 Å². The molecule has 268 valence electrons. The molecule has 6 N–H and O–H groups in total. The smallest absolute Gasteiger partial charge is 0.326 e. The first-order valence-corrected chi connectivity index (χ1v) is 15.6. The SMILES string of the molecule is CN(CCN(CCN(CC(=O)O)C(COCc1ccccc1)C(=O)NCC(CC(=O)O)(C(=O)O)N1CCCCC1)CC(=O)O)CC(=O)O. The molecule has 1 aromatic rings. The van der Waals surface area contributed by atoms with Crippen molar-refractivity contribution in [3.05, 3.63) is 35.9 Å². The minimum Gasteiger partial charge on any atom is -0.481 e. The maximum atomic E-state index is 13.8. The number of carbonyl (C=O) groups is 6. The number of hydrogen-bond acceptors (Lipinski definition) is 11.